The van der Waals surface area contributed by atoms with Gasteiger partial charge < -0.3 is 5.73 Å². The molecule has 0 bridgehead atoms. The summed E-state index contributed by atoms with van der Waals surface area (Å²) in [6.07, 6.45) is -1.80. The SMILES string of the molecule is NCc1c(C=O)cnc(C(F)F)c1F. The molecule has 0 saturated carbocycles. The van der Waals surface area contributed by atoms with E-state index in [1.54, 1.807) is 0 Å². The van der Waals surface area contributed by atoms with Crippen molar-refractivity contribution in [3.63, 3.8) is 0 Å². The van der Waals surface area contributed by atoms with Gasteiger partial charge in [-0.3, -0.25) is 9.78 Å². The molecule has 0 aliphatic carbocycles. The summed E-state index contributed by atoms with van der Waals surface area (Å²) >= 11 is 0. The first kappa shape index (κ1) is 10.6. The topological polar surface area (TPSA) is 56.0 Å². The Labute approximate surface area is 77.7 Å². The molecule has 0 atom stereocenters. The minimum atomic E-state index is -3.01. The van der Waals surface area contributed by atoms with Gasteiger partial charge in [-0.1, -0.05) is 0 Å². The Hall–Kier alpha value is -1.43. The lowest BCUT2D eigenvalue weighted by molar-refractivity contribution is 0.111. The highest BCUT2D eigenvalue weighted by Gasteiger charge is 2.19. The van der Waals surface area contributed by atoms with Crippen LogP contribution in [0.4, 0.5) is 13.2 Å². The van der Waals surface area contributed by atoms with Crippen LogP contribution in [0.5, 0.6) is 0 Å². The highest BCUT2D eigenvalue weighted by Crippen LogP contribution is 2.23. The van der Waals surface area contributed by atoms with Crippen molar-refractivity contribution >= 4 is 6.29 Å². The summed E-state index contributed by atoms with van der Waals surface area (Å²) < 4.78 is 37.5. The molecule has 0 fully saturated rings. The summed E-state index contributed by atoms with van der Waals surface area (Å²) in [5.74, 6) is -1.20. The van der Waals surface area contributed by atoms with Gasteiger partial charge in [0.25, 0.3) is 6.43 Å². The van der Waals surface area contributed by atoms with Gasteiger partial charge in [-0.15, -0.1) is 0 Å². The van der Waals surface area contributed by atoms with E-state index >= 15 is 0 Å². The summed E-state index contributed by atoms with van der Waals surface area (Å²) in [7, 11) is 0. The third-order valence-corrected chi connectivity index (χ3v) is 1.72. The molecule has 1 rings (SSSR count). The molecular weight excluding hydrogens is 197 g/mol. The van der Waals surface area contributed by atoms with Crippen molar-refractivity contribution in [1.29, 1.82) is 0 Å². The van der Waals surface area contributed by atoms with E-state index in [1.165, 1.54) is 0 Å². The second-order valence-electron chi connectivity index (χ2n) is 2.51. The van der Waals surface area contributed by atoms with Gasteiger partial charge in [-0.25, -0.2) is 13.2 Å². The van der Waals surface area contributed by atoms with Gasteiger partial charge in [0.2, 0.25) is 0 Å². The van der Waals surface area contributed by atoms with Gasteiger partial charge in [0.15, 0.2) is 12.1 Å². The number of aromatic nitrogens is 1. The molecule has 0 unspecified atom stereocenters. The zero-order valence-corrected chi connectivity index (χ0v) is 7.01. The number of carbonyl (C=O) groups excluding carboxylic acids is 1. The number of aldehydes is 1. The maximum atomic E-state index is 13.2. The number of carbonyl (C=O) groups is 1. The fraction of sp³-hybridized carbons (Fsp3) is 0.250. The normalized spacial score (nSPS) is 10.6. The van der Waals surface area contributed by atoms with Crippen molar-refractivity contribution in [3.05, 3.63) is 28.8 Å². The first-order valence-corrected chi connectivity index (χ1v) is 3.72. The van der Waals surface area contributed by atoms with E-state index in [-0.39, 0.29) is 17.7 Å². The monoisotopic (exact) mass is 204 g/mol. The van der Waals surface area contributed by atoms with Crippen LogP contribution in [0.15, 0.2) is 6.20 Å². The fourth-order valence-electron chi connectivity index (χ4n) is 1.02. The third-order valence-electron chi connectivity index (χ3n) is 1.72. The molecule has 1 heterocycles. The van der Waals surface area contributed by atoms with Crippen LogP contribution in [0.3, 0.4) is 0 Å². The van der Waals surface area contributed by atoms with E-state index in [9.17, 15) is 18.0 Å². The van der Waals surface area contributed by atoms with Crippen molar-refractivity contribution in [2.75, 3.05) is 0 Å². The van der Waals surface area contributed by atoms with Crippen LogP contribution in [-0.2, 0) is 6.54 Å². The average molecular weight is 204 g/mol. The van der Waals surface area contributed by atoms with Gasteiger partial charge in [0, 0.05) is 23.9 Å². The summed E-state index contributed by atoms with van der Waals surface area (Å²) in [6.45, 7) is -0.317. The van der Waals surface area contributed by atoms with Crippen molar-refractivity contribution in [2.45, 2.75) is 13.0 Å². The first-order valence-electron chi connectivity index (χ1n) is 3.72. The van der Waals surface area contributed by atoms with Gasteiger partial charge in [-0.05, 0) is 0 Å². The Morgan fingerprint density at radius 2 is 2.21 bits per heavy atom. The number of nitrogens with zero attached hydrogens (tertiary/aromatic N) is 1. The van der Waals surface area contributed by atoms with Crippen LogP contribution >= 0.6 is 0 Å². The zero-order valence-electron chi connectivity index (χ0n) is 7.01. The Bertz CT molecular complexity index is 355. The van der Waals surface area contributed by atoms with E-state index in [4.69, 9.17) is 5.73 Å². The second kappa shape index (κ2) is 4.19. The lowest BCUT2D eigenvalue weighted by Gasteiger charge is -2.06. The Morgan fingerprint density at radius 3 is 2.64 bits per heavy atom. The summed E-state index contributed by atoms with van der Waals surface area (Å²) in [6, 6.07) is 0. The highest BCUT2D eigenvalue weighted by molar-refractivity contribution is 5.76. The van der Waals surface area contributed by atoms with Crippen LogP contribution in [0.25, 0.3) is 0 Å². The standard InChI is InChI=1S/C8H7F3N2O/c9-6-5(1-12)4(3-14)2-13-7(6)8(10)11/h2-3,8H,1,12H2. The molecule has 2 N–H and O–H groups in total. The largest absolute Gasteiger partial charge is 0.326 e. The number of halogens is 3. The zero-order chi connectivity index (χ0) is 10.7. The van der Waals surface area contributed by atoms with Crippen molar-refractivity contribution in [2.24, 2.45) is 5.73 Å². The average Bonchev–Trinajstić information content (AvgIpc) is 2.16. The minimum Gasteiger partial charge on any atom is -0.326 e. The molecule has 76 valence electrons. The van der Waals surface area contributed by atoms with Crippen LogP contribution in [0.2, 0.25) is 0 Å². The van der Waals surface area contributed by atoms with Crippen LogP contribution < -0.4 is 5.73 Å². The van der Waals surface area contributed by atoms with Gasteiger partial charge >= 0.3 is 0 Å². The molecule has 1 aromatic heterocycles. The number of hydrogen-bond donors (Lipinski definition) is 1. The highest BCUT2D eigenvalue weighted by atomic mass is 19.3. The van der Waals surface area contributed by atoms with E-state index in [0.717, 1.165) is 6.20 Å². The number of nitrogens with two attached hydrogens (primary N) is 1. The van der Waals surface area contributed by atoms with Crippen molar-refractivity contribution < 1.29 is 18.0 Å². The molecule has 0 spiro atoms. The predicted octanol–water partition coefficient (Wildman–Crippen LogP) is 1.43. The van der Waals surface area contributed by atoms with E-state index < -0.39 is 17.9 Å². The number of hydrogen-bond acceptors (Lipinski definition) is 3. The van der Waals surface area contributed by atoms with E-state index in [0.29, 0.717) is 6.29 Å². The van der Waals surface area contributed by atoms with E-state index in [2.05, 4.69) is 4.98 Å². The molecule has 1 aromatic rings. The summed E-state index contributed by atoms with van der Waals surface area (Å²) in [4.78, 5) is 13.5. The van der Waals surface area contributed by atoms with Crippen molar-refractivity contribution in [1.82, 2.24) is 4.98 Å². The molecule has 0 aliphatic heterocycles. The molecule has 0 aromatic carbocycles. The molecule has 0 amide bonds. The second-order valence-corrected chi connectivity index (χ2v) is 2.51. The van der Waals surface area contributed by atoms with Crippen LogP contribution in [0.1, 0.15) is 28.0 Å². The molecule has 14 heavy (non-hydrogen) atoms. The molecule has 6 heteroatoms. The maximum absolute atomic E-state index is 13.2. The first-order chi connectivity index (χ1) is 6.61. The van der Waals surface area contributed by atoms with E-state index in [1.807, 2.05) is 0 Å². The molecule has 0 aliphatic rings. The maximum Gasteiger partial charge on any atom is 0.283 e. The number of pyridine rings is 1. The lowest BCUT2D eigenvalue weighted by Crippen LogP contribution is -2.09. The fourth-order valence-corrected chi connectivity index (χ4v) is 1.02. The molecule has 0 radical (unpaired) electrons. The Balaban J connectivity index is 3.34. The molecule has 3 nitrogen and oxygen atoms in total. The third kappa shape index (κ3) is 1.74. The van der Waals surface area contributed by atoms with Crippen LogP contribution in [-0.4, -0.2) is 11.3 Å². The van der Waals surface area contributed by atoms with Gasteiger partial charge in [0.05, 0.1) is 0 Å². The smallest absolute Gasteiger partial charge is 0.283 e. The van der Waals surface area contributed by atoms with Crippen molar-refractivity contribution in [3.8, 4) is 0 Å². The van der Waals surface area contributed by atoms with Gasteiger partial charge in [-0.2, -0.15) is 0 Å². The summed E-state index contributed by atoms with van der Waals surface area (Å²) in [5.41, 5.74) is 3.82. The quantitative estimate of drug-likeness (QED) is 0.757. The molecule has 0 saturated heterocycles. The lowest BCUT2D eigenvalue weighted by atomic mass is 10.1. The number of rotatable bonds is 3. The minimum absolute atomic E-state index is 0.102. The molecular formula is C8H7F3N2O. The van der Waals surface area contributed by atoms with Gasteiger partial charge in [0.1, 0.15) is 5.69 Å². The predicted molar refractivity (Wildman–Crippen MR) is 42.4 cm³/mol. The van der Waals surface area contributed by atoms with Crippen LogP contribution in [0, 0.1) is 5.82 Å². The number of alkyl halides is 2. The Morgan fingerprint density at radius 1 is 1.57 bits per heavy atom. The Kier molecular flexibility index (Phi) is 3.19. The summed E-state index contributed by atoms with van der Waals surface area (Å²) in [5, 5.41) is 0.